The van der Waals surface area contributed by atoms with Crippen LogP contribution >= 0.6 is 0 Å². The highest BCUT2D eigenvalue weighted by atomic mass is 16.5. The second kappa shape index (κ2) is 7.22. The molecule has 4 unspecified atom stereocenters. The third kappa shape index (κ3) is 4.17. The maximum absolute atomic E-state index is 12.4. The first-order valence-corrected chi connectivity index (χ1v) is 7.75. The van der Waals surface area contributed by atoms with Gasteiger partial charge in [-0.1, -0.05) is 6.92 Å². The lowest BCUT2D eigenvalue weighted by Gasteiger charge is -2.37. The van der Waals surface area contributed by atoms with Crippen molar-refractivity contribution in [1.82, 2.24) is 4.90 Å². The van der Waals surface area contributed by atoms with E-state index < -0.39 is 18.1 Å². The molecule has 0 bridgehead atoms. The van der Waals surface area contributed by atoms with Crippen molar-refractivity contribution in [3.8, 4) is 0 Å². The summed E-state index contributed by atoms with van der Waals surface area (Å²) in [7, 11) is 0. The van der Waals surface area contributed by atoms with Crippen LogP contribution in [0, 0.1) is 5.92 Å². The highest BCUT2D eigenvalue weighted by Gasteiger charge is 2.36. The van der Waals surface area contributed by atoms with E-state index in [9.17, 15) is 14.7 Å². The van der Waals surface area contributed by atoms with Crippen molar-refractivity contribution in [2.45, 2.75) is 57.8 Å². The fourth-order valence-corrected chi connectivity index (χ4v) is 2.97. The van der Waals surface area contributed by atoms with Crippen LogP contribution in [0.25, 0.3) is 0 Å². The zero-order chi connectivity index (χ0) is 15.4. The Morgan fingerprint density at radius 2 is 2.19 bits per heavy atom. The van der Waals surface area contributed by atoms with Gasteiger partial charge < -0.3 is 19.5 Å². The Morgan fingerprint density at radius 3 is 2.81 bits per heavy atom. The van der Waals surface area contributed by atoms with Crippen molar-refractivity contribution in [3.05, 3.63) is 0 Å². The van der Waals surface area contributed by atoms with E-state index in [2.05, 4.69) is 0 Å². The summed E-state index contributed by atoms with van der Waals surface area (Å²) in [6.07, 6.45) is 2.79. The van der Waals surface area contributed by atoms with E-state index in [4.69, 9.17) is 9.47 Å². The first-order chi connectivity index (χ1) is 9.99. The van der Waals surface area contributed by atoms with Gasteiger partial charge in [-0.2, -0.15) is 0 Å². The molecule has 6 nitrogen and oxygen atoms in total. The number of nitrogens with zero attached hydrogens (tertiary/aromatic N) is 1. The third-order valence-electron chi connectivity index (χ3n) is 4.34. The van der Waals surface area contributed by atoms with Crippen molar-refractivity contribution in [2.75, 3.05) is 19.8 Å². The Balaban J connectivity index is 1.88. The molecule has 2 rings (SSSR count). The average Bonchev–Trinajstić information content (AvgIpc) is 2.97. The number of aliphatic carboxylic acids is 1. The van der Waals surface area contributed by atoms with E-state index in [0.29, 0.717) is 25.5 Å². The number of piperidine rings is 1. The van der Waals surface area contributed by atoms with Gasteiger partial charge >= 0.3 is 5.97 Å². The summed E-state index contributed by atoms with van der Waals surface area (Å²) in [5.74, 6) is -0.827. The Bertz CT molecular complexity index is 380. The number of carboxylic acid groups (broad SMARTS) is 1. The standard InChI is InChI=1S/C15H25NO5/c1-10-5-6-16(13(8-10)15(18)19)14(17)11(2)21-9-12-4-3-7-20-12/h10-13H,3-9H2,1-2H3,(H,18,19). The summed E-state index contributed by atoms with van der Waals surface area (Å²) in [6.45, 7) is 5.35. The zero-order valence-electron chi connectivity index (χ0n) is 12.8. The highest BCUT2D eigenvalue weighted by Crippen LogP contribution is 2.24. The third-order valence-corrected chi connectivity index (χ3v) is 4.34. The van der Waals surface area contributed by atoms with Gasteiger partial charge in [0, 0.05) is 13.2 Å². The van der Waals surface area contributed by atoms with Gasteiger partial charge in [-0.05, 0) is 38.5 Å². The molecule has 6 heteroatoms. The number of hydrogen-bond acceptors (Lipinski definition) is 4. The quantitative estimate of drug-likeness (QED) is 0.827. The van der Waals surface area contributed by atoms with E-state index in [-0.39, 0.29) is 12.0 Å². The summed E-state index contributed by atoms with van der Waals surface area (Å²) in [5.41, 5.74) is 0. The maximum atomic E-state index is 12.4. The molecule has 0 aromatic rings. The van der Waals surface area contributed by atoms with E-state index in [0.717, 1.165) is 25.9 Å². The second-order valence-corrected chi connectivity index (χ2v) is 6.13. The van der Waals surface area contributed by atoms with Gasteiger partial charge in [-0.15, -0.1) is 0 Å². The van der Waals surface area contributed by atoms with Gasteiger partial charge in [0.1, 0.15) is 12.1 Å². The van der Waals surface area contributed by atoms with Crippen LogP contribution in [0.4, 0.5) is 0 Å². The van der Waals surface area contributed by atoms with Crippen LogP contribution in [0.2, 0.25) is 0 Å². The molecule has 0 radical (unpaired) electrons. The monoisotopic (exact) mass is 299 g/mol. The molecule has 0 spiro atoms. The van der Waals surface area contributed by atoms with E-state index in [1.807, 2.05) is 6.92 Å². The van der Waals surface area contributed by atoms with E-state index in [1.54, 1.807) is 6.92 Å². The smallest absolute Gasteiger partial charge is 0.326 e. The lowest BCUT2D eigenvalue weighted by atomic mass is 9.92. The fraction of sp³-hybridized carbons (Fsp3) is 0.867. The summed E-state index contributed by atoms with van der Waals surface area (Å²) in [5, 5.41) is 9.30. The first-order valence-electron chi connectivity index (χ1n) is 7.75. The normalized spacial score (nSPS) is 31.1. The molecule has 0 aromatic heterocycles. The van der Waals surface area contributed by atoms with Gasteiger partial charge in [0.25, 0.3) is 5.91 Å². The van der Waals surface area contributed by atoms with Crippen LogP contribution in [0.5, 0.6) is 0 Å². The van der Waals surface area contributed by atoms with Crippen LogP contribution in [-0.2, 0) is 19.1 Å². The predicted octanol–water partition coefficient (Wildman–Crippen LogP) is 1.28. The van der Waals surface area contributed by atoms with Crippen LogP contribution < -0.4 is 0 Å². The molecule has 1 amide bonds. The molecular formula is C15H25NO5. The molecule has 2 aliphatic heterocycles. The number of rotatable bonds is 5. The van der Waals surface area contributed by atoms with Crippen molar-refractivity contribution in [2.24, 2.45) is 5.92 Å². The molecule has 21 heavy (non-hydrogen) atoms. The Hall–Kier alpha value is -1.14. The molecule has 0 aromatic carbocycles. The van der Waals surface area contributed by atoms with Crippen LogP contribution in [0.3, 0.4) is 0 Å². The van der Waals surface area contributed by atoms with Crippen molar-refractivity contribution in [1.29, 1.82) is 0 Å². The maximum Gasteiger partial charge on any atom is 0.326 e. The number of ether oxygens (including phenoxy) is 2. The lowest BCUT2D eigenvalue weighted by molar-refractivity contribution is -0.159. The van der Waals surface area contributed by atoms with Crippen LogP contribution in [0.15, 0.2) is 0 Å². The number of amides is 1. The lowest BCUT2D eigenvalue weighted by Crippen LogP contribution is -2.53. The largest absolute Gasteiger partial charge is 0.480 e. The molecule has 1 N–H and O–H groups in total. The molecule has 0 aliphatic carbocycles. The number of carbonyl (C=O) groups is 2. The van der Waals surface area contributed by atoms with Crippen molar-refractivity contribution < 1.29 is 24.2 Å². The Kier molecular flexibility index (Phi) is 5.58. The van der Waals surface area contributed by atoms with Crippen molar-refractivity contribution in [3.63, 3.8) is 0 Å². The van der Waals surface area contributed by atoms with Gasteiger partial charge in [0.15, 0.2) is 0 Å². The molecule has 2 aliphatic rings. The molecule has 2 saturated heterocycles. The summed E-state index contributed by atoms with van der Waals surface area (Å²) in [4.78, 5) is 25.2. The SMILES string of the molecule is CC1CCN(C(=O)C(C)OCC2CCCO2)C(C(=O)O)C1. The predicted molar refractivity (Wildman–Crippen MR) is 75.9 cm³/mol. The molecule has 4 atom stereocenters. The number of carbonyl (C=O) groups excluding carboxylic acids is 1. The van der Waals surface area contributed by atoms with Crippen LogP contribution in [-0.4, -0.2) is 59.9 Å². The number of hydrogen-bond donors (Lipinski definition) is 1. The molecular weight excluding hydrogens is 274 g/mol. The summed E-state index contributed by atoms with van der Waals surface area (Å²) < 4.78 is 11.0. The molecule has 0 saturated carbocycles. The minimum absolute atomic E-state index is 0.0666. The number of carboxylic acids is 1. The summed E-state index contributed by atoms with van der Waals surface area (Å²) in [6, 6.07) is -0.727. The Morgan fingerprint density at radius 1 is 1.43 bits per heavy atom. The molecule has 2 fully saturated rings. The number of likely N-dealkylation sites (tertiary alicyclic amines) is 1. The fourth-order valence-electron chi connectivity index (χ4n) is 2.97. The van der Waals surface area contributed by atoms with Gasteiger partial charge in [-0.25, -0.2) is 4.79 Å². The average molecular weight is 299 g/mol. The Labute approximate surface area is 125 Å². The topological polar surface area (TPSA) is 76.1 Å². The minimum Gasteiger partial charge on any atom is -0.480 e. The molecule has 120 valence electrons. The summed E-state index contributed by atoms with van der Waals surface area (Å²) >= 11 is 0. The van der Waals surface area contributed by atoms with Gasteiger partial charge in [0.2, 0.25) is 0 Å². The highest BCUT2D eigenvalue weighted by molar-refractivity contribution is 5.86. The zero-order valence-corrected chi connectivity index (χ0v) is 12.8. The van der Waals surface area contributed by atoms with E-state index in [1.165, 1.54) is 4.90 Å². The van der Waals surface area contributed by atoms with E-state index >= 15 is 0 Å². The first kappa shape index (κ1) is 16.2. The van der Waals surface area contributed by atoms with Crippen LogP contribution in [0.1, 0.15) is 39.5 Å². The van der Waals surface area contributed by atoms with Gasteiger partial charge in [-0.3, -0.25) is 4.79 Å². The molecule has 2 heterocycles. The second-order valence-electron chi connectivity index (χ2n) is 6.13. The van der Waals surface area contributed by atoms with Gasteiger partial charge in [0.05, 0.1) is 12.7 Å². The minimum atomic E-state index is -0.929. The van der Waals surface area contributed by atoms with Crippen molar-refractivity contribution >= 4 is 11.9 Å².